The van der Waals surface area contributed by atoms with Crippen molar-refractivity contribution in [2.45, 2.75) is 12.4 Å². The molecule has 0 saturated carbocycles. The molecular formula is C24H4F16N2O4. The normalized spacial score (nSPS) is 14.0. The van der Waals surface area contributed by atoms with E-state index >= 15 is 0 Å². The summed E-state index contributed by atoms with van der Waals surface area (Å²) in [6, 6.07) is 0. The Labute approximate surface area is 238 Å². The van der Waals surface area contributed by atoms with Crippen molar-refractivity contribution in [3.63, 3.8) is 0 Å². The molecule has 0 aliphatic heterocycles. The molecule has 0 N–H and O–H groups in total. The molecule has 0 radical (unpaired) electrons. The predicted octanol–water partition coefficient (Wildman–Crippen LogP) is 5.86. The van der Waals surface area contributed by atoms with E-state index in [2.05, 4.69) is 0 Å². The zero-order valence-electron chi connectivity index (χ0n) is 21.0. The Morgan fingerprint density at radius 3 is 1.20 bits per heavy atom. The van der Waals surface area contributed by atoms with Crippen LogP contribution in [0.3, 0.4) is 0 Å². The molecule has 0 atom stereocenters. The van der Waals surface area contributed by atoms with Crippen molar-refractivity contribution in [2.24, 2.45) is 0 Å². The Morgan fingerprint density at radius 1 is 0.522 bits per heavy atom. The number of halogens is 16. The summed E-state index contributed by atoms with van der Waals surface area (Å²) in [6.07, 6.45) is -12.7. The van der Waals surface area contributed by atoms with Gasteiger partial charge in [0, 0.05) is 0 Å². The average molecular weight is 688 g/mol. The second kappa shape index (κ2) is 10.9. The lowest BCUT2D eigenvalue weighted by Crippen LogP contribution is -2.28. The minimum Gasteiger partial charge on any atom is -0.268 e. The molecule has 6 nitrogen and oxygen atoms in total. The van der Waals surface area contributed by atoms with E-state index in [4.69, 9.17) is 0 Å². The van der Waals surface area contributed by atoms with Crippen LogP contribution in [-0.4, -0.2) is 22.5 Å². The van der Waals surface area contributed by atoms with Crippen LogP contribution in [0, 0.1) is 29.1 Å². The van der Waals surface area contributed by atoms with Gasteiger partial charge in [0.25, 0.3) is 22.2 Å². The highest BCUT2D eigenvalue weighted by Crippen LogP contribution is 2.44. The molecule has 0 bridgehead atoms. The fourth-order valence-corrected chi connectivity index (χ4v) is 4.56. The molecule has 22 heteroatoms. The third kappa shape index (κ3) is 4.59. The summed E-state index contributed by atoms with van der Waals surface area (Å²) in [5.41, 5.74) is -22.6. The first-order chi connectivity index (χ1) is 21.1. The van der Waals surface area contributed by atoms with E-state index in [0.29, 0.717) is 0 Å². The molecule has 2 aromatic carbocycles. The quantitative estimate of drug-likeness (QED) is 0.114. The topological polar surface area (TPSA) is 78.1 Å². The van der Waals surface area contributed by atoms with Crippen molar-refractivity contribution in [3.05, 3.63) is 99.1 Å². The van der Waals surface area contributed by atoms with E-state index in [1.54, 1.807) is 0 Å². The highest BCUT2D eigenvalue weighted by molar-refractivity contribution is 6.07. The Hall–Kier alpha value is -4.92. The van der Waals surface area contributed by atoms with E-state index in [1.165, 1.54) is 0 Å². The number of alkyl halides is 8. The molecule has 246 valence electrons. The van der Waals surface area contributed by atoms with Crippen LogP contribution >= 0.6 is 0 Å². The molecule has 2 heterocycles. The first-order valence-corrected chi connectivity index (χ1v) is 11.3. The van der Waals surface area contributed by atoms with Gasteiger partial charge in [-0.05, 0) is 0 Å². The number of allylic oxidation sites excluding steroid dienone is 4. The first-order valence-electron chi connectivity index (χ1n) is 11.3. The van der Waals surface area contributed by atoms with E-state index in [0.717, 1.165) is 0 Å². The van der Waals surface area contributed by atoms with Crippen LogP contribution in [-0.2, 0) is 12.4 Å². The van der Waals surface area contributed by atoms with Crippen molar-refractivity contribution >= 4 is 27.2 Å². The molecule has 0 fully saturated rings. The molecule has 0 saturated heterocycles. The van der Waals surface area contributed by atoms with Crippen LogP contribution in [0.15, 0.2) is 36.7 Å². The Bertz CT molecular complexity index is 2140. The number of rotatable bonds is 5. The summed E-state index contributed by atoms with van der Waals surface area (Å²) in [5, 5.41) is -10.5. The fourth-order valence-electron chi connectivity index (χ4n) is 4.56. The Morgan fingerprint density at radius 2 is 0.870 bits per heavy atom. The van der Waals surface area contributed by atoms with Crippen LogP contribution in [0.25, 0.3) is 32.9 Å². The second-order valence-corrected chi connectivity index (χ2v) is 8.80. The highest BCUT2D eigenvalue weighted by atomic mass is 19.4. The zero-order valence-corrected chi connectivity index (χ0v) is 21.0. The van der Waals surface area contributed by atoms with Gasteiger partial charge in [0.1, 0.15) is 19.0 Å². The van der Waals surface area contributed by atoms with Crippen LogP contribution in [0.4, 0.5) is 70.2 Å². The summed E-state index contributed by atoms with van der Waals surface area (Å²) < 4.78 is 221. The Balaban J connectivity index is 2.46. The lowest BCUT2D eigenvalue weighted by Gasteiger charge is -2.13. The number of benzene rings is 2. The average Bonchev–Trinajstić information content (AvgIpc) is 3.37. The van der Waals surface area contributed by atoms with Gasteiger partial charge in [0.15, 0.2) is 40.7 Å². The summed E-state index contributed by atoms with van der Waals surface area (Å²) in [4.78, 5) is 52.0. The van der Waals surface area contributed by atoms with Crippen molar-refractivity contribution in [1.82, 2.24) is 9.13 Å². The number of hydrogen-bond acceptors (Lipinski definition) is 4. The lowest BCUT2D eigenvalue weighted by atomic mass is 9.96. The Kier molecular flexibility index (Phi) is 8.02. The van der Waals surface area contributed by atoms with Crippen molar-refractivity contribution in [2.75, 3.05) is 13.3 Å². The monoisotopic (exact) mass is 688 g/mol. The smallest absolute Gasteiger partial charge is 0.268 e. The molecule has 2 aromatic heterocycles. The third-order valence-electron chi connectivity index (χ3n) is 6.34. The van der Waals surface area contributed by atoms with Crippen LogP contribution < -0.4 is 22.2 Å². The van der Waals surface area contributed by atoms with Crippen LogP contribution in [0.2, 0.25) is 0 Å². The van der Waals surface area contributed by atoms with Gasteiger partial charge in [-0.25, -0.2) is 53.0 Å². The maximum atomic E-state index is 14.5. The molecule has 0 unspecified atom stereocenters. The standard InChI is InChI=1S/C24H4F16N2O4/c25-1-3(27)11(28)12(29)4(2-26)41-19(43)5-6(20(41)44)10(24(38,39)40)8-7(9(5)23(35,36)37)21(45)42(22(8)46)18-16(33)14(31)13(30)15(32)17(18)34/h1-2H2/b11-3-,12-4-. The molecule has 4 rings (SSSR count). The van der Waals surface area contributed by atoms with E-state index < -0.39 is 148 Å². The largest absolute Gasteiger partial charge is 0.418 e. The minimum atomic E-state index is -6.36. The van der Waals surface area contributed by atoms with Crippen LogP contribution in [0.5, 0.6) is 0 Å². The minimum absolute atomic E-state index is 1.22. The highest BCUT2D eigenvalue weighted by Gasteiger charge is 2.48. The van der Waals surface area contributed by atoms with Gasteiger partial charge in [-0.3, -0.25) is 19.2 Å². The maximum absolute atomic E-state index is 14.5. The third-order valence-corrected chi connectivity index (χ3v) is 6.34. The summed E-state index contributed by atoms with van der Waals surface area (Å²) in [7, 11) is 0. The predicted molar refractivity (Wildman–Crippen MR) is 122 cm³/mol. The van der Waals surface area contributed by atoms with Gasteiger partial charge in [0.2, 0.25) is 5.82 Å². The second-order valence-electron chi connectivity index (χ2n) is 8.80. The number of fused-ring (bicyclic) bond motifs is 2. The van der Waals surface area contributed by atoms with Crippen molar-refractivity contribution in [3.8, 4) is 5.69 Å². The summed E-state index contributed by atoms with van der Waals surface area (Å²) >= 11 is 0. The fraction of sp³-hybridized carbons (Fsp3) is 0.167. The zero-order chi connectivity index (χ0) is 35.1. The maximum Gasteiger partial charge on any atom is 0.418 e. The van der Waals surface area contributed by atoms with Crippen molar-refractivity contribution < 1.29 is 70.2 Å². The van der Waals surface area contributed by atoms with Gasteiger partial charge in [0.05, 0.1) is 38.4 Å². The van der Waals surface area contributed by atoms with E-state index in [9.17, 15) is 89.4 Å². The number of nitrogens with zero attached hydrogens (tertiary/aromatic N) is 2. The molecule has 46 heavy (non-hydrogen) atoms. The summed E-state index contributed by atoms with van der Waals surface area (Å²) in [5.74, 6) is -23.7. The van der Waals surface area contributed by atoms with Gasteiger partial charge in [-0.15, -0.1) is 0 Å². The van der Waals surface area contributed by atoms with Crippen LogP contribution in [0.1, 0.15) is 11.1 Å². The first kappa shape index (κ1) is 34.0. The number of hydrogen-bond donors (Lipinski definition) is 0. The molecule has 0 spiro atoms. The molecule has 0 aliphatic rings. The van der Waals surface area contributed by atoms with Crippen molar-refractivity contribution in [1.29, 1.82) is 0 Å². The molecule has 4 aromatic rings. The number of aromatic nitrogens is 2. The van der Waals surface area contributed by atoms with Gasteiger partial charge in [-0.2, -0.15) is 26.3 Å². The van der Waals surface area contributed by atoms with E-state index in [1.807, 2.05) is 0 Å². The molecule has 0 amide bonds. The van der Waals surface area contributed by atoms with Gasteiger partial charge < -0.3 is 0 Å². The van der Waals surface area contributed by atoms with E-state index in [-0.39, 0.29) is 0 Å². The molecule has 0 aliphatic carbocycles. The van der Waals surface area contributed by atoms with Gasteiger partial charge >= 0.3 is 12.4 Å². The summed E-state index contributed by atoms with van der Waals surface area (Å²) in [6.45, 7) is -5.15. The lowest BCUT2D eigenvalue weighted by molar-refractivity contribution is -0.137. The molecular weight excluding hydrogens is 684 g/mol. The van der Waals surface area contributed by atoms with Gasteiger partial charge in [-0.1, -0.05) is 0 Å². The SMILES string of the molecule is O=c1c2c(C(F)(F)F)c3c(=O)n(-c4c(F)c(F)c(F)c(F)c4F)c(=O)c3c(C(F)(F)F)c2c(=O)n1/C(CF)=C(F)/C(F)=C(/F)CF.